The van der Waals surface area contributed by atoms with Crippen LogP contribution in [-0.2, 0) is 9.53 Å². The van der Waals surface area contributed by atoms with Crippen LogP contribution in [-0.4, -0.2) is 43.9 Å². The highest BCUT2D eigenvalue weighted by molar-refractivity contribution is 7.13. The van der Waals surface area contributed by atoms with Gasteiger partial charge in [-0.1, -0.05) is 12.1 Å². The van der Waals surface area contributed by atoms with Crippen LogP contribution in [0.3, 0.4) is 0 Å². The summed E-state index contributed by atoms with van der Waals surface area (Å²) < 4.78 is 15.7. The second-order valence-electron chi connectivity index (χ2n) is 6.45. The van der Waals surface area contributed by atoms with Crippen LogP contribution in [0.25, 0.3) is 0 Å². The third kappa shape index (κ3) is 6.05. The normalized spacial score (nSPS) is 10.6. The number of carbonyl (C=O) groups excluding carboxylic acids is 2. The molecule has 0 saturated carbocycles. The molecule has 0 fully saturated rings. The molecule has 32 heavy (non-hydrogen) atoms. The van der Waals surface area contributed by atoms with Gasteiger partial charge in [0.1, 0.15) is 0 Å². The summed E-state index contributed by atoms with van der Waals surface area (Å²) in [5.41, 5.74) is 5.16. The maximum absolute atomic E-state index is 12.3. The molecule has 0 unspecified atom stereocenters. The van der Waals surface area contributed by atoms with Gasteiger partial charge < -0.3 is 19.5 Å². The molecule has 166 valence electrons. The number of nitrogens with zero attached hydrogens (tertiary/aromatic N) is 2. The summed E-state index contributed by atoms with van der Waals surface area (Å²) in [7, 11) is 2.78. The van der Waals surface area contributed by atoms with Gasteiger partial charge in [-0.2, -0.15) is 5.10 Å². The number of ether oxygens (including phenoxy) is 3. The van der Waals surface area contributed by atoms with Crippen LogP contribution in [0.4, 0.5) is 10.8 Å². The first-order valence-corrected chi connectivity index (χ1v) is 10.4. The first-order valence-electron chi connectivity index (χ1n) is 9.49. The van der Waals surface area contributed by atoms with E-state index >= 15 is 0 Å². The van der Waals surface area contributed by atoms with Gasteiger partial charge in [0, 0.05) is 5.38 Å². The molecule has 0 aliphatic heterocycles. The fraction of sp³-hybridized carbons (Fsp3) is 0.182. The maximum atomic E-state index is 12.3. The lowest BCUT2D eigenvalue weighted by Crippen LogP contribution is -2.22. The Morgan fingerprint density at radius 3 is 2.69 bits per heavy atom. The number of amides is 1. The molecule has 3 aromatic rings. The van der Waals surface area contributed by atoms with Crippen molar-refractivity contribution in [1.82, 2.24) is 4.98 Å². The van der Waals surface area contributed by atoms with Crippen LogP contribution in [0.15, 0.2) is 52.9 Å². The van der Waals surface area contributed by atoms with Crippen molar-refractivity contribution in [2.24, 2.45) is 5.10 Å². The van der Waals surface area contributed by atoms with Crippen molar-refractivity contribution in [2.45, 2.75) is 6.92 Å². The highest BCUT2D eigenvalue weighted by Gasteiger charge is 2.14. The summed E-state index contributed by atoms with van der Waals surface area (Å²) in [5.74, 6) is -0.136. The lowest BCUT2D eigenvalue weighted by atomic mass is 10.2. The smallest absolute Gasteiger partial charge is 0.339 e. The Morgan fingerprint density at radius 2 is 1.97 bits per heavy atom. The molecular weight excluding hydrogens is 432 g/mol. The molecule has 3 rings (SSSR count). The molecule has 0 aliphatic rings. The number of hydrazone groups is 1. The van der Waals surface area contributed by atoms with Crippen molar-refractivity contribution in [3.63, 3.8) is 0 Å². The number of nitrogens with one attached hydrogen (secondary N) is 2. The van der Waals surface area contributed by atoms with Gasteiger partial charge in [-0.05, 0) is 42.8 Å². The Kier molecular flexibility index (Phi) is 7.76. The molecule has 0 aliphatic carbocycles. The van der Waals surface area contributed by atoms with Gasteiger partial charge >= 0.3 is 5.97 Å². The zero-order valence-corrected chi connectivity index (χ0v) is 18.6. The van der Waals surface area contributed by atoms with Crippen LogP contribution in [0, 0.1) is 6.92 Å². The number of thiazole rings is 1. The van der Waals surface area contributed by atoms with Gasteiger partial charge in [0.05, 0.1) is 37.4 Å². The summed E-state index contributed by atoms with van der Waals surface area (Å²) >= 11 is 1.46. The summed E-state index contributed by atoms with van der Waals surface area (Å²) in [5, 5.41) is 9.43. The number of methoxy groups -OCH3 is 2. The molecule has 0 bridgehead atoms. The topological polar surface area (TPSA) is 111 Å². The van der Waals surface area contributed by atoms with E-state index in [1.807, 2.05) is 12.3 Å². The molecule has 1 amide bonds. The van der Waals surface area contributed by atoms with Crippen molar-refractivity contribution in [1.29, 1.82) is 0 Å². The minimum absolute atomic E-state index is 0.256. The Bertz CT molecular complexity index is 1130. The van der Waals surface area contributed by atoms with Crippen molar-refractivity contribution in [3.05, 3.63) is 64.7 Å². The number of aromatic nitrogens is 1. The Balaban J connectivity index is 1.60. The van der Waals surface area contributed by atoms with Crippen LogP contribution in [0.2, 0.25) is 0 Å². The fourth-order valence-corrected chi connectivity index (χ4v) is 3.30. The van der Waals surface area contributed by atoms with Crippen molar-refractivity contribution < 1.29 is 23.8 Å². The minimum Gasteiger partial charge on any atom is -0.493 e. The fourth-order valence-electron chi connectivity index (χ4n) is 2.66. The van der Waals surface area contributed by atoms with Crippen molar-refractivity contribution >= 4 is 40.2 Å². The molecule has 0 radical (unpaired) electrons. The van der Waals surface area contributed by atoms with Crippen molar-refractivity contribution in [2.75, 3.05) is 31.6 Å². The van der Waals surface area contributed by atoms with E-state index in [0.717, 1.165) is 11.3 Å². The highest BCUT2D eigenvalue weighted by atomic mass is 32.1. The van der Waals surface area contributed by atoms with E-state index < -0.39 is 11.9 Å². The number of hydrogen-bond donors (Lipinski definition) is 2. The third-order valence-corrected chi connectivity index (χ3v) is 5.01. The van der Waals surface area contributed by atoms with Gasteiger partial charge in [-0.3, -0.25) is 10.2 Å². The molecule has 0 atom stereocenters. The number of esters is 1. The first-order chi connectivity index (χ1) is 15.5. The predicted molar refractivity (Wildman–Crippen MR) is 123 cm³/mol. The van der Waals surface area contributed by atoms with E-state index in [-0.39, 0.29) is 12.2 Å². The van der Waals surface area contributed by atoms with E-state index in [4.69, 9.17) is 14.2 Å². The Hall–Kier alpha value is -3.92. The van der Waals surface area contributed by atoms with E-state index in [1.165, 1.54) is 25.6 Å². The number of carbonyl (C=O) groups is 2. The number of rotatable bonds is 9. The third-order valence-electron chi connectivity index (χ3n) is 4.15. The predicted octanol–water partition coefficient (Wildman–Crippen LogP) is 3.71. The van der Waals surface area contributed by atoms with E-state index in [1.54, 1.807) is 48.7 Å². The zero-order valence-electron chi connectivity index (χ0n) is 17.7. The lowest BCUT2D eigenvalue weighted by molar-refractivity contribution is -0.118. The summed E-state index contributed by atoms with van der Waals surface area (Å²) in [6.45, 7) is 1.64. The quantitative estimate of drug-likeness (QED) is 0.288. The molecule has 0 spiro atoms. The second kappa shape index (κ2) is 10.9. The first kappa shape index (κ1) is 22.8. The molecule has 1 aromatic heterocycles. The highest BCUT2D eigenvalue weighted by Crippen LogP contribution is 2.27. The van der Waals surface area contributed by atoms with Gasteiger partial charge in [0.25, 0.3) is 5.91 Å². The van der Waals surface area contributed by atoms with Crippen molar-refractivity contribution in [3.8, 4) is 11.5 Å². The number of aryl methyl sites for hydroxylation is 1. The summed E-state index contributed by atoms with van der Waals surface area (Å²) in [6.07, 6.45) is 1.62. The van der Waals surface area contributed by atoms with E-state index in [0.29, 0.717) is 22.3 Å². The minimum atomic E-state index is -0.541. The standard InChI is InChI=1S/C22H22N4O5S/c1-14-13-32-22(24-14)26-23-11-15-8-9-18(19(10-15)29-2)31-12-20(27)25-17-7-5-4-6-16(17)21(28)30-3/h4-11,13H,12H2,1-3H3,(H,24,26)(H,25,27). The average Bonchev–Trinajstić information content (AvgIpc) is 3.22. The summed E-state index contributed by atoms with van der Waals surface area (Å²) in [4.78, 5) is 28.4. The van der Waals surface area contributed by atoms with Crippen LogP contribution >= 0.6 is 11.3 Å². The number of anilines is 2. The van der Waals surface area contributed by atoms with E-state index in [9.17, 15) is 9.59 Å². The van der Waals surface area contributed by atoms with Crippen LogP contribution in [0.5, 0.6) is 11.5 Å². The lowest BCUT2D eigenvalue weighted by Gasteiger charge is -2.12. The number of benzene rings is 2. The number of hydrogen-bond acceptors (Lipinski definition) is 9. The zero-order chi connectivity index (χ0) is 22.9. The SMILES string of the molecule is COC(=O)c1ccccc1NC(=O)COc1ccc(C=NNc2nc(C)cs2)cc1OC. The molecule has 2 N–H and O–H groups in total. The molecule has 1 heterocycles. The maximum Gasteiger partial charge on any atom is 0.339 e. The molecule has 9 nitrogen and oxygen atoms in total. The van der Waals surface area contributed by atoms with Gasteiger partial charge in [-0.15, -0.1) is 11.3 Å². The molecule has 2 aromatic carbocycles. The largest absolute Gasteiger partial charge is 0.493 e. The molecule has 0 saturated heterocycles. The summed E-state index contributed by atoms with van der Waals surface area (Å²) in [6, 6.07) is 11.8. The molecule has 10 heteroatoms. The molecular formula is C22H22N4O5S. The number of para-hydroxylation sites is 1. The monoisotopic (exact) mass is 454 g/mol. The van der Waals surface area contributed by atoms with Crippen LogP contribution < -0.4 is 20.2 Å². The van der Waals surface area contributed by atoms with Gasteiger partial charge in [-0.25, -0.2) is 9.78 Å². The second-order valence-corrected chi connectivity index (χ2v) is 7.31. The van der Waals surface area contributed by atoms with Gasteiger partial charge in [0.2, 0.25) is 5.13 Å². The Morgan fingerprint density at radius 1 is 1.16 bits per heavy atom. The van der Waals surface area contributed by atoms with E-state index in [2.05, 4.69) is 20.8 Å². The van der Waals surface area contributed by atoms with Crippen LogP contribution in [0.1, 0.15) is 21.6 Å². The van der Waals surface area contributed by atoms with Gasteiger partial charge in [0.15, 0.2) is 18.1 Å². The average molecular weight is 455 g/mol. The Labute approximate surface area is 189 Å².